The van der Waals surface area contributed by atoms with Crippen molar-refractivity contribution in [2.45, 2.75) is 6.42 Å². The Labute approximate surface area is 127 Å². The first-order chi connectivity index (χ1) is 8.18. The molecule has 0 amide bonds. The van der Waals surface area contributed by atoms with Crippen molar-refractivity contribution in [3.63, 3.8) is 0 Å². The lowest BCUT2D eigenvalue weighted by Crippen LogP contribution is -2.17. The van der Waals surface area contributed by atoms with E-state index in [9.17, 15) is 4.79 Å². The van der Waals surface area contributed by atoms with Crippen molar-refractivity contribution in [2.24, 2.45) is 0 Å². The van der Waals surface area contributed by atoms with Gasteiger partial charge in [-0.2, -0.15) is 0 Å². The van der Waals surface area contributed by atoms with Crippen LogP contribution in [0.1, 0.15) is 27.0 Å². The summed E-state index contributed by atoms with van der Waals surface area (Å²) in [5, 5.41) is 0. The van der Waals surface area contributed by atoms with Gasteiger partial charge >= 0.3 is 0 Å². The van der Waals surface area contributed by atoms with E-state index >= 15 is 0 Å². The minimum atomic E-state index is 0.165. The quantitative estimate of drug-likeness (QED) is 0.477. The van der Waals surface area contributed by atoms with Crippen molar-refractivity contribution in [1.29, 1.82) is 0 Å². The maximum absolute atomic E-state index is 12.4. The summed E-state index contributed by atoms with van der Waals surface area (Å²) < 4.78 is 2.36. The minimum Gasteiger partial charge on any atom is -0.289 e. The highest BCUT2D eigenvalue weighted by molar-refractivity contribution is 14.1. The highest BCUT2D eigenvalue weighted by atomic mass is 127. The average Bonchev–Trinajstić information content (AvgIpc) is 2.32. The summed E-state index contributed by atoms with van der Waals surface area (Å²) in [6, 6.07) is 11.9. The van der Waals surface area contributed by atoms with E-state index in [-0.39, 0.29) is 5.78 Å². The third-order valence-electron chi connectivity index (χ3n) is 3.08. The Bertz CT molecular complexity index is 579. The predicted octanol–water partition coefficient (Wildman–Crippen LogP) is 4.03. The normalized spacial score (nSPS) is 13.2. The molecule has 0 saturated heterocycles. The number of fused-ring (bicyclic) bond motifs is 2. The SMILES string of the molecule is O=C1c2cccc(I)c2Cc2c(I)cccc21. The monoisotopic (exact) mass is 446 g/mol. The molecule has 0 heterocycles. The van der Waals surface area contributed by atoms with Crippen LogP contribution in [0.25, 0.3) is 0 Å². The van der Waals surface area contributed by atoms with Gasteiger partial charge in [-0.1, -0.05) is 24.3 Å². The molecule has 0 bridgehead atoms. The first-order valence-corrected chi connectivity index (χ1v) is 7.43. The van der Waals surface area contributed by atoms with Crippen LogP contribution >= 0.6 is 45.2 Å². The molecule has 3 heteroatoms. The number of carbonyl (C=O) groups excluding carboxylic acids is 1. The standard InChI is InChI=1S/C14H8I2O/c15-12-5-1-3-8-10(12)7-11-9(14(8)17)4-2-6-13(11)16/h1-6H,7H2. The summed E-state index contributed by atoms with van der Waals surface area (Å²) in [4.78, 5) is 12.4. The van der Waals surface area contributed by atoms with Crippen LogP contribution in [0.4, 0.5) is 0 Å². The van der Waals surface area contributed by atoms with Crippen LogP contribution in [-0.2, 0) is 6.42 Å². The van der Waals surface area contributed by atoms with Crippen LogP contribution in [0.3, 0.4) is 0 Å². The molecule has 1 aliphatic rings. The Morgan fingerprint density at radius 1 is 0.824 bits per heavy atom. The minimum absolute atomic E-state index is 0.165. The lowest BCUT2D eigenvalue weighted by atomic mass is 9.85. The number of hydrogen-bond donors (Lipinski definition) is 0. The smallest absolute Gasteiger partial charge is 0.193 e. The summed E-state index contributed by atoms with van der Waals surface area (Å²) in [5.74, 6) is 0.165. The largest absolute Gasteiger partial charge is 0.289 e. The topological polar surface area (TPSA) is 17.1 Å². The van der Waals surface area contributed by atoms with Gasteiger partial charge in [0.15, 0.2) is 5.78 Å². The molecule has 0 aliphatic heterocycles. The molecule has 2 aromatic rings. The molecule has 1 aliphatic carbocycles. The van der Waals surface area contributed by atoms with E-state index in [1.165, 1.54) is 18.3 Å². The third-order valence-corrected chi connectivity index (χ3v) is 5.10. The lowest BCUT2D eigenvalue weighted by molar-refractivity contribution is 0.103. The summed E-state index contributed by atoms with van der Waals surface area (Å²) in [7, 11) is 0. The summed E-state index contributed by atoms with van der Waals surface area (Å²) in [6.45, 7) is 0. The molecule has 0 radical (unpaired) electrons. The molecule has 0 aromatic heterocycles. The lowest BCUT2D eigenvalue weighted by Gasteiger charge is -2.20. The van der Waals surface area contributed by atoms with Crippen LogP contribution in [0.5, 0.6) is 0 Å². The summed E-state index contributed by atoms with van der Waals surface area (Å²) in [6.07, 6.45) is 0.870. The fourth-order valence-electron chi connectivity index (χ4n) is 2.22. The van der Waals surface area contributed by atoms with Crippen LogP contribution < -0.4 is 0 Å². The number of rotatable bonds is 0. The highest BCUT2D eigenvalue weighted by Gasteiger charge is 2.25. The first kappa shape index (κ1) is 11.6. The number of carbonyl (C=O) groups is 1. The molecule has 84 valence electrons. The zero-order chi connectivity index (χ0) is 12.0. The van der Waals surface area contributed by atoms with Gasteiger partial charge in [0.2, 0.25) is 0 Å². The maximum atomic E-state index is 12.4. The molecule has 0 saturated carbocycles. The van der Waals surface area contributed by atoms with E-state index in [1.807, 2.05) is 24.3 Å². The molecule has 0 unspecified atom stereocenters. The van der Waals surface area contributed by atoms with E-state index in [0.717, 1.165) is 17.5 Å². The molecular formula is C14H8I2O. The van der Waals surface area contributed by atoms with Crippen molar-refractivity contribution < 1.29 is 4.79 Å². The van der Waals surface area contributed by atoms with Gasteiger partial charge in [0.05, 0.1) is 0 Å². The van der Waals surface area contributed by atoms with Gasteiger partial charge in [0.25, 0.3) is 0 Å². The van der Waals surface area contributed by atoms with E-state index in [4.69, 9.17) is 0 Å². The van der Waals surface area contributed by atoms with Gasteiger partial charge < -0.3 is 0 Å². The highest BCUT2D eigenvalue weighted by Crippen LogP contribution is 2.32. The number of benzene rings is 2. The number of hydrogen-bond acceptors (Lipinski definition) is 1. The summed E-state index contributed by atoms with van der Waals surface area (Å²) >= 11 is 4.62. The molecule has 3 rings (SSSR count). The van der Waals surface area contributed by atoms with Gasteiger partial charge in [-0.15, -0.1) is 0 Å². The molecule has 17 heavy (non-hydrogen) atoms. The molecule has 0 N–H and O–H groups in total. The van der Waals surface area contributed by atoms with Crippen LogP contribution in [0.15, 0.2) is 36.4 Å². The zero-order valence-corrected chi connectivity index (χ0v) is 13.2. The predicted molar refractivity (Wildman–Crippen MR) is 84.6 cm³/mol. The molecular weight excluding hydrogens is 438 g/mol. The molecule has 0 atom stereocenters. The summed E-state index contributed by atoms with van der Waals surface area (Å²) in [5.41, 5.74) is 4.09. The van der Waals surface area contributed by atoms with E-state index in [2.05, 4.69) is 57.3 Å². The Morgan fingerprint density at radius 3 is 1.76 bits per heavy atom. The van der Waals surface area contributed by atoms with Crippen molar-refractivity contribution >= 4 is 51.0 Å². The molecule has 2 aromatic carbocycles. The van der Waals surface area contributed by atoms with Gasteiger partial charge in [-0.3, -0.25) is 4.79 Å². The number of ketones is 1. The van der Waals surface area contributed by atoms with E-state index < -0.39 is 0 Å². The van der Waals surface area contributed by atoms with Crippen molar-refractivity contribution in [3.05, 3.63) is 65.8 Å². The second kappa shape index (κ2) is 4.35. The van der Waals surface area contributed by atoms with E-state index in [0.29, 0.717) is 0 Å². The zero-order valence-electron chi connectivity index (χ0n) is 8.84. The van der Waals surface area contributed by atoms with Crippen LogP contribution in [0, 0.1) is 7.14 Å². The molecule has 0 fully saturated rings. The average molecular weight is 446 g/mol. The fourth-order valence-corrected chi connectivity index (χ4v) is 3.60. The van der Waals surface area contributed by atoms with E-state index in [1.54, 1.807) is 0 Å². The Kier molecular flexibility index (Phi) is 2.98. The van der Waals surface area contributed by atoms with Crippen molar-refractivity contribution in [3.8, 4) is 0 Å². The number of halogens is 2. The fraction of sp³-hybridized carbons (Fsp3) is 0.0714. The van der Waals surface area contributed by atoms with Crippen molar-refractivity contribution in [2.75, 3.05) is 0 Å². The third kappa shape index (κ3) is 1.83. The van der Waals surface area contributed by atoms with Crippen LogP contribution in [0.2, 0.25) is 0 Å². The van der Waals surface area contributed by atoms with Gasteiger partial charge in [0, 0.05) is 24.7 Å². The Balaban J connectivity index is 2.29. The van der Waals surface area contributed by atoms with Gasteiger partial charge in [-0.25, -0.2) is 0 Å². The Morgan fingerprint density at radius 2 is 1.29 bits per heavy atom. The molecule has 1 nitrogen and oxygen atoms in total. The van der Waals surface area contributed by atoms with Gasteiger partial charge in [-0.05, 0) is 68.4 Å². The van der Waals surface area contributed by atoms with Crippen molar-refractivity contribution in [1.82, 2.24) is 0 Å². The Hall–Kier alpha value is -0.430. The molecule has 0 spiro atoms. The van der Waals surface area contributed by atoms with Gasteiger partial charge in [0.1, 0.15) is 0 Å². The second-order valence-electron chi connectivity index (χ2n) is 4.04. The first-order valence-electron chi connectivity index (χ1n) is 5.28. The maximum Gasteiger partial charge on any atom is 0.193 e. The van der Waals surface area contributed by atoms with Crippen LogP contribution in [-0.4, -0.2) is 5.78 Å². The second-order valence-corrected chi connectivity index (χ2v) is 6.36.